The van der Waals surface area contributed by atoms with Crippen molar-refractivity contribution in [1.29, 1.82) is 0 Å². The Hall–Kier alpha value is -4.24. The second-order valence-electron chi connectivity index (χ2n) is 9.47. The van der Waals surface area contributed by atoms with Crippen LogP contribution in [0.2, 0.25) is 0 Å². The topological polar surface area (TPSA) is 90.7 Å². The van der Waals surface area contributed by atoms with Gasteiger partial charge < -0.3 is 15.5 Å². The van der Waals surface area contributed by atoms with Crippen LogP contribution in [0.5, 0.6) is 0 Å². The summed E-state index contributed by atoms with van der Waals surface area (Å²) in [5, 5.41) is 10.6. The average molecular weight is 481 g/mol. The van der Waals surface area contributed by atoms with E-state index in [9.17, 15) is 4.79 Å². The smallest absolute Gasteiger partial charge is 0.256 e. The van der Waals surface area contributed by atoms with Crippen molar-refractivity contribution >= 4 is 34.4 Å². The predicted molar refractivity (Wildman–Crippen MR) is 141 cm³/mol. The van der Waals surface area contributed by atoms with Gasteiger partial charge in [0.25, 0.3) is 5.91 Å². The van der Waals surface area contributed by atoms with Gasteiger partial charge in [0, 0.05) is 66.0 Å². The van der Waals surface area contributed by atoms with Gasteiger partial charge in [-0.1, -0.05) is 12.6 Å². The number of anilines is 3. The Morgan fingerprint density at radius 2 is 1.78 bits per heavy atom. The Kier molecular flexibility index (Phi) is 5.41. The van der Waals surface area contributed by atoms with Gasteiger partial charge in [0.1, 0.15) is 6.33 Å². The molecule has 4 heterocycles. The third-order valence-electron chi connectivity index (χ3n) is 6.99. The molecule has 1 fully saturated rings. The second kappa shape index (κ2) is 8.76. The van der Waals surface area contributed by atoms with Gasteiger partial charge in [-0.25, -0.2) is 14.5 Å². The van der Waals surface area contributed by atoms with Crippen molar-refractivity contribution < 1.29 is 4.79 Å². The molecule has 0 spiro atoms. The van der Waals surface area contributed by atoms with Crippen LogP contribution in [0.15, 0.2) is 61.6 Å². The number of piperazine rings is 1. The molecule has 2 aliphatic rings. The molecule has 0 saturated carbocycles. The molecule has 1 amide bonds. The fraction of sp³-hybridized carbons (Fsp3) is 0.259. The lowest BCUT2D eigenvalue weighted by Crippen LogP contribution is -2.48. The van der Waals surface area contributed by atoms with E-state index >= 15 is 0 Å². The molecule has 1 saturated heterocycles. The third kappa shape index (κ3) is 3.87. The van der Waals surface area contributed by atoms with Crippen molar-refractivity contribution in [3.63, 3.8) is 0 Å². The highest BCUT2D eigenvalue weighted by atomic mass is 16.1. The van der Waals surface area contributed by atoms with E-state index in [0.29, 0.717) is 28.8 Å². The third-order valence-corrected chi connectivity index (χ3v) is 6.99. The highest BCUT2D eigenvalue weighted by Gasteiger charge is 2.23. The van der Waals surface area contributed by atoms with Crippen LogP contribution in [-0.2, 0) is 0 Å². The normalized spacial score (nSPS) is 16.0. The number of hydrogen-bond acceptors (Lipinski definition) is 7. The van der Waals surface area contributed by atoms with E-state index in [1.807, 2.05) is 12.1 Å². The first-order chi connectivity index (χ1) is 17.5. The molecular weight excluding hydrogens is 452 g/mol. The van der Waals surface area contributed by atoms with Crippen LogP contribution in [-0.4, -0.2) is 62.6 Å². The van der Waals surface area contributed by atoms with Gasteiger partial charge in [-0.05, 0) is 50.2 Å². The number of carbonyl (C=O) groups excluding carboxylic acids is 1. The maximum Gasteiger partial charge on any atom is 0.256 e. The van der Waals surface area contributed by atoms with Crippen molar-refractivity contribution in [3.8, 4) is 11.3 Å². The highest BCUT2D eigenvalue weighted by Crippen LogP contribution is 2.30. The summed E-state index contributed by atoms with van der Waals surface area (Å²) >= 11 is 0. The Balaban J connectivity index is 1.23. The lowest BCUT2D eigenvalue weighted by Gasteiger charge is -2.38. The summed E-state index contributed by atoms with van der Waals surface area (Å²) < 4.78 is 1.76. The monoisotopic (exact) mass is 480 g/mol. The quantitative estimate of drug-likeness (QED) is 0.449. The number of carbonyl (C=O) groups is 1. The number of rotatable bonds is 5. The van der Waals surface area contributed by atoms with Gasteiger partial charge in [-0.2, -0.15) is 5.10 Å². The highest BCUT2D eigenvalue weighted by molar-refractivity contribution is 6.09. The van der Waals surface area contributed by atoms with Crippen LogP contribution < -0.4 is 15.5 Å². The molecule has 36 heavy (non-hydrogen) atoms. The summed E-state index contributed by atoms with van der Waals surface area (Å²) in [6, 6.07) is 14.7. The molecule has 0 unspecified atom stereocenters. The number of amides is 1. The molecule has 0 radical (unpaired) electrons. The van der Waals surface area contributed by atoms with Crippen LogP contribution >= 0.6 is 0 Å². The lowest BCUT2D eigenvalue weighted by molar-refractivity contribution is 0.0981. The van der Waals surface area contributed by atoms with Crippen LogP contribution in [0.3, 0.4) is 0 Å². The van der Waals surface area contributed by atoms with Gasteiger partial charge >= 0.3 is 0 Å². The van der Waals surface area contributed by atoms with Gasteiger partial charge in [0.2, 0.25) is 0 Å². The van der Waals surface area contributed by atoms with Gasteiger partial charge in [0.05, 0.1) is 11.9 Å². The number of nitrogens with one attached hydrogen (secondary N) is 2. The van der Waals surface area contributed by atoms with Gasteiger partial charge in [-0.15, -0.1) is 0 Å². The summed E-state index contributed by atoms with van der Waals surface area (Å²) in [6.07, 6.45) is 3.28. The summed E-state index contributed by atoms with van der Waals surface area (Å²) in [7, 11) is 0. The van der Waals surface area contributed by atoms with E-state index in [1.54, 1.807) is 16.8 Å². The number of fused-ring (bicyclic) bond motifs is 2. The van der Waals surface area contributed by atoms with E-state index in [1.165, 1.54) is 12.0 Å². The minimum atomic E-state index is -0.131. The maximum absolute atomic E-state index is 12.0. The van der Waals surface area contributed by atoms with Crippen molar-refractivity contribution in [1.82, 2.24) is 29.8 Å². The van der Waals surface area contributed by atoms with Crippen LogP contribution in [0, 0.1) is 0 Å². The largest absolute Gasteiger partial charge is 0.369 e. The maximum atomic E-state index is 12.0. The molecule has 0 bridgehead atoms. The summed E-state index contributed by atoms with van der Waals surface area (Å²) in [6.45, 7) is 12.7. The van der Waals surface area contributed by atoms with E-state index in [2.05, 4.69) is 80.2 Å². The Labute approximate surface area is 209 Å². The zero-order chi connectivity index (χ0) is 24.8. The average Bonchev–Trinajstić information content (AvgIpc) is 3.49. The fourth-order valence-corrected chi connectivity index (χ4v) is 4.91. The standard InChI is InChI=1S/C27H28N8O/c1-17(2)33-10-12-34(13-11-33)21-7-5-20(6-8-21)32-25-26-29-16-30-35(26)24(15-28-25)19-4-9-22-23(14-19)18(3)31-27(22)36/h4-9,14-17H,3,10-13H2,1-2H3,(H,28,32)(H,31,36). The molecule has 0 aliphatic carbocycles. The summed E-state index contributed by atoms with van der Waals surface area (Å²) in [4.78, 5) is 26.1. The molecule has 6 rings (SSSR count). The minimum Gasteiger partial charge on any atom is -0.369 e. The van der Waals surface area contributed by atoms with Gasteiger partial charge in [-0.3, -0.25) is 9.69 Å². The van der Waals surface area contributed by atoms with Crippen molar-refractivity contribution in [3.05, 3.63) is 72.7 Å². The summed E-state index contributed by atoms with van der Waals surface area (Å²) in [5.74, 6) is 0.492. The van der Waals surface area contributed by atoms with Gasteiger partial charge in [0.15, 0.2) is 11.5 Å². The zero-order valence-corrected chi connectivity index (χ0v) is 20.4. The minimum absolute atomic E-state index is 0.131. The molecule has 2 aromatic carbocycles. The second-order valence-corrected chi connectivity index (χ2v) is 9.47. The van der Waals surface area contributed by atoms with E-state index in [0.717, 1.165) is 48.7 Å². The number of aromatic nitrogens is 4. The van der Waals surface area contributed by atoms with E-state index in [-0.39, 0.29) is 5.91 Å². The Bertz CT molecular complexity index is 1470. The molecule has 2 aliphatic heterocycles. The van der Waals surface area contributed by atoms with Crippen LogP contribution in [0.4, 0.5) is 17.2 Å². The molecule has 9 nitrogen and oxygen atoms in total. The number of nitrogens with zero attached hydrogens (tertiary/aromatic N) is 6. The van der Waals surface area contributed by atoms with E-state index < -0.39 is 0 Å². The first-order valence-corrected chi connectivity index (χ1v) is 12.2. The predicted octanol–water partition coefficient (Wildman–Crippen LogP) is 3.78. The van der Waals surface area contributed by atoms with Crippen LogP contribution in [0.1, 0.15) is 29.8 Å². The first kappa shape index (κ1) is 22.2. The molecule has 182 valence electrons. The molecule has 9 heteroatoms. The van der Waals surface area contributed by atoms with Crippen molar-refractivity contribution in [2.24, 2.45) is 0 Å². The van der Waals surface area contributed by atoms with Crippen LogP contribution in [0.25, 0.3) is 22.6 Å². The van der Waals surface area contributed by atoms with Crippen molar-refractivity contribution in [2.75, 3.05) is 36.4 Å². The first-order valence-electron chi connectivity index (χ1n) is 12.2. The molecule has 2 aromatic heterocycles. The Morgan fingerprint density at radius 1 is 1.00 bits per heavy atom. The summed E-state index contributed by atoms with van der Waals surface area (Å²) in [5.41, 5.74) is 6.45. The Morgan fingerprint density at radius 3 is 2.53 bits per heavy atom. The molecule has 4 aromatic rings. The SMILES string of the molecule is C=C1NC(=O)c2ccc(-c3cnc(Nc4ccc(N5CCN(C(C)C)CC5)cc4)c4ncnn34)cc21. The lowest BCUT2D eigenvalue weighted by atomic mass is 10.0. The molecule has 2 N–H and O–H groups in total. The zero-order valence-electron chi connectivity index (χ0n) is 20.4. The van der Waals surface area contributed by atoms with Crippen molar-refractivity contribution in [2.45, 2.75) is 19.9 Å². The van der Waals surface area contributed by atoms with E-state index in [4.69, 9.17) is 0 Å². The molecule has 0 atom stereocenters. The number of benzene rings is 2. The number of hydrogen-bond donors (Lipinski definition) is 2. The fourth-order valence-electron chi connectivity index (χ4n) is 4.91. The molecular formula is C27H28N8O.